The molecule has 1 aliphatic carbocycles. The van der Waals surface area contributed by atoms with Gasteiger partial charge in [0, 0.05) is 13.1 Å². The highest BCUT2D eigenvalue weighted by Gasteiger charge is 2.05. The molecule has 0 heterocycles. The van der Waals surface area contributed by atoms with Crippen LogP contribution < -0.4 is 4.74 Å². The van der Waals surface area contributed by atoms with Crippen molar-refractivity contribution in [1.82, 2.24) is 4.90 Å². The summed E-state index contributed by atoms with van der Waals surface area (Å²) in [5, 5.41) is 0. The van der Waals surface area contributed by atoms with Crippen LogP contribution in [0.2, 0.25) is 0 Å². The number of methoxy groups -OCH3 is 1. The first-order valence-electron chi connectivity index (χ1n) is 5.94. The second-order valence-electron chi connectivity index (χ2n) is 4.48. The molecule has 0 aliphatic heterocycles. The van der Waals surface area contributed by atoms with E-state index in [0.717, 1.165) is 25.3 Å². The molecule has 1 aliphatic rings. The largest absolute Gasteiger partial charge is 0.497 e. The highest BCUT2D eigenvalue weighted by molar-refractivity contribution is 5.27. The SMILES string of the molecule is COc1ccc(CN(C)CC2=CC=CC2)cc1. The van der Waals surface area contributed by atoms with E-state index in [2.05, 4.69) is 42.3 Å². The Morgan fingerprint density at radius 1 is 1.18 bits per heavy atom. The highest BCUT2D eigenvalue weighted by atomic mass is 16.5. The number of hydrogen-bond acceptors (Lipinski definition) is 2. The molecule has 0 saturated heterocycles. The van der Waals surface area contributed by atoms with E-state index in [1.807, 2.05) is 12.1 Å². The number of ether oxygens (including phenoxy) is 1. The van der Waals surface area contributed by atoms with Crippen molar-refractivity contribution in [2.45, 2.75) is 13.0 Å². The zero-order valence-corrected chi connectivity index (χ0v) is 10.5. The summed E-state index contributed by atoms with van der Waals surface area (Å²) >= 11 is 0. The fourth-order valence-corrected chi connectivity index (χ4v) is 2.05. The molecule has 0 amide bonds. The molecule has 0 atom stereocenters. The third-order valence-corrected chi connectivity index (χ3v) is 2.93. The Morgan fingerprint density at radius 2 is 1.94 bits per heavy atom. The quantitative estimate of drug-likeness (QED) is 0.769. The van der Waals surface area contributed by atoms with Crippen LogP contribution in [0.15, 0.2) is 48.1 Å². The predicted octanol–water partition coefficient (Wildman–Crippen LogP) is 3.01. The molecule has 1 aromatic carbocycles. The Morgan fingerprint density at radius 3 is 2.53 bits per heavy atom. The van der Waals surface area contributed by atoms with Crippen LogP contribution in [0.4, 0.5) is 0 Å². The van der Waals surface area contributed by atoms with E-state index >= 15 is 0 Å². The van der Waals surface area contributed by atoms with E-state index in [1.54, 1.807) is 7.11 Å². The number of benzene rings is 1. The van der Waals surface area contributed by atoms with E-state index < -0.39 is 0 Å². The molecular formula is C15H19NO. The van der Waals surface area contributed by atoms with Crippen molar-refractivity contribution >= 4 is 0 Å². The molecule has 2 nitrogen and oxygen atoms in total. The van der Waals surface area contributed by atoms with Gasteiger partial charge in [0.25, 0.3) is 0 Å². The minimum atomic E-state index is 0.916. The van der Waals surface area contributed by atoms with Gasteiger partial charge < -0.3 is 4.74 Å². The Kier molecular flexibility index (Phi) is 3.99. The minimum Gasteiger partial charge on any atom is -0.497 e. The minimum absolute atomic E-state index is 0.916. The lowest BCUT2D eigenvalue weighted by molar-refractivity contribution is 0.353. The maximum Gasteiger partial charge on any atom is 0.118 e. The molecule has 0 fully saturated rings. The molecule has 1 aromatic rings. The molecule has 0 aromatic heterocycles. The molecule has 17 heavy (non-hydrogen) atoms. The zero-order valence-electron chi connectivity index (χ0n) is 10.5. The van der Waals surface area contributed by atoms with Crippen LogP contribution in [-0.4, -0.2) is 25.6 Å². The van der Waals surface area contributed by atoms with Crippen LogP contribution >= 0.6 is 0 Å². The van der Waals surface area contributed by atoms with E-state index in [4.69, 9.17) is 4.74 Å². The van der Waals surface area contributed by atoms with Crippen molar-refractivity contribution < 1.29 is 4.74 Å². The maximum atomic E-state index is 5.15. The van der Waals surface area contributed by atoms with Gasteiger partial charge in [0.1, 0.15) is 5.75 Å². The molecule has 0 N–H and O–H groups in total. The summed E-state index contributed by atoms with van der Waals surface area (Å²) in [5.74, 6) is 0.916. The third-order valence-electron chi connectivity index (χ3n) is 2.93. The Hall–Kier alpha value is -1.54. The molecule has 2 rings (SSSR count). The van der Waals surface area contributed by atoms with Crippen LogP contribution in [0.3, 0.4) is 0 Å². The first-order chi connectivity index (χ1) is 8.28. The Labute approximate surface area is 103 Å². The summed E-state index contributed by atoms with van der Waals surface area (Å²) < 4.78 is 5.15. The summed E-state index contributed by atoms with van der Waals surface area (Å²) in [6, 6.07) is 8.27. The fourth-order valence-electron chi connectivity index (χ4n) is 2.05. The van der Waals surface area contributed by atoms with Gasteiger partial charge in [-0.1, -0.05) is 35.9 Å². The van der Waals surface area contributed by atoms with Crippen LogP contribution in [0.1, 0.15) is 12.0 Å². The predicted molar refractivity (Wildman–Crippen MR) is 71.2 cm³/mol. The number of nitrogens with zero attached hydrogens (tertiary/aromatic N) is 1. The molecular weight excluding hydrogens is 210 g/mol. The molecule has 0 unspecified atom stereocenters. The molecule has 0 bridgehead atoms. The first kappa shape index (κ1) is 11.9. The number of rotatable bonds is 5. The van der Waals surface area contributed by atoms with Gasteiger partial charge in [-0.2, -0.15) is 0 Å². The summed E-state index contributed by atoms with van der Waals surface area (Å²) in [4.78, 5) is 2.33. The maximum absolute atomic E-state index is 5.15. The lowest BCUT2D eigenvalue weighted by Crippen LogP contribution is -2.20. The van der Waals surface area contributed by atoms with Crippen molar-refractivity contribution in [2.24, 2.45) is 0 Å². The summed E-state index contributed by atoms with van der Waals surface area (Å²) in [6.45, 7) is 2.01. The van der Waals surface area contributed by atoms with Crippen molar-refractivity contribution in [2.75, 3.05) is 20.7 Å². The number of likely N-dealkylation sites (N-methyl/N-ethyl adjacent to an activating group) is 1. The van der Waals surface area contributed by atoms with Crippen LogP contribution in [0, 0.1) is 0 Å². The second-order valence-corrected chi connectivity index (χ2v) is 4.48. The Balaban J connectivity index is 1.86. The van der Waals surface area contributed by atoms with E-state index in [-0.39, 0.29) is 0 Å². The van der Waals surface area contributed by atoms with Gasteiger partial charge in [-0.3, -0.25) is 4.90 Å². The standard InChI is InChI=1S/C15H19NO/c1-16(11-13-5-3-4-6-13)12-14-7-9-15(17-2)10-8-14/h3-5,7-10H,6,11-12H2,1-2H3. The van der Waals surface area contributed by atoms with Gasteiger partial charge >= 0.3 is 0 Å². The second kappa shape index (κ2) is 5.69. The third kappa shape index (κ3) is 3.46. The van der Waals surface area contributed by atoms with Gasteiger partial charge in [-0.15, -0.1) is 0 Å². The molecule has 0 radical (unpaired) electrons. The number of allylic oxidation sites excluding steroid dienone is 3. The van der Waals surface area contributed by atoms with E-state index in [1.165, 1.54) is 11.1 Å². The normalized spacial score (nSPS) is 14.2. The lowest BCUT2D eigenvalue weighted by atomic mass is 10.2. The molecule has 0 saturated carbocycles. The zero-order chi connectivity index (χ0) is 12.1. The summed E-state index contributed by atoms with van der Waals surface area (Å²) in [6.07, 6.45) is 7.66. The fraction of sp³-hybridized carbons (Fsp3) is 0.333. The van der Waals surface area contributed by atoms with Gasteiger partial charge in [-0.25, -0.2) is 0 Å². The smallest absolute Gasteiger partial charge is 0.118 e. The molecule has 2 heteroatoms. The highest BCUT2D eigenvalue weighted by Crippen LogP contribution is 2.15. The lowest BCUT2D eigenvalue weighted by Gasteiger charge is -2.17. The van der Waals surface area contributed by atoms with Gasteiger partial charge in [0.15, 0.2) is 0 Å². The average molecular weight is 229 g/mol. The van der Waals surface area contributed by atoms with Crippen molar-refractivity contribution in [1.29, 1.82) is 0 Å². The average Bonchev–Trinajstić information content (AvgIpc) is 2.82. The van der Waals surface area contributed by atoms with Gasteiger partial charge in [-0.05, 0) is 31.2 Å². The van der Waals surface area contributed by atoms with E-state index in [9.17, 15) is 0 Å². The number of hydrogen-bond donors (Lipinski definition) is 0. The van der Waals surface area contributed by atoms with Crippen molar-refractivity contribution in [3.8, 4) is 5.75 Å². The Bertz CT molecular complexity index is 417. The van der Waals surface area contributed by atoms with E-state index in [0.29, 0.717) is 0 Å². The molecule has 0 spiro atoms. The van der Waals surface area contributed by atoms with Gasteiger partial charge in [0.2, 0.25) is 0 Å². The van der Waals surface area contributed by atoms with Crippen molar-refractivity contribution in [3.05, 3.63) is 53.6 Å². The van der Waals surface area contributed by atoms with Crippen LogP contribution in [-0.2, 0) is 6.54 Å². The summed E-state index contributed by atoms with van der Waals surface area (Å²) in [7, 11) is 3.85. The molecule has 90 valence electrons. The topological polar surface area (TPSA) is 12.5 Å². The van der Waals surface area contributed by atoms with Gasteiger partial charge in [0.05, 0.1) is 7.11 Å². The van der Waals surface area contributed by atoms with Crippen LogP contribution in [0.5, 0.6) is 5.75 Å². The monoisotopic (exact) mass is 229 g/mol. The van der Waals surface area contributed by atoms with Crippen LogP contribution in [0.25, 0.3) is 0 Å². The first-order valence-corrected chi connectivity index (χ1v) is 5.94. The summed E-state index contributed by atoms with van der Waals surface area (Å²) in [5.41, 5.74) is 2.81. The van der Waals surface area contributed by atoms with Crippen molar-refractivity contribution in [3.63, 3.8) is 0 Å².